The quantitative estimate of drug-likeness (QED) is 0.779. The molecule has 1 aliphatic rings. The molecule has 0 bridgehead atoms. The lowest BCUT2D eigenvalue weighted by Crippen LogP contribution is -2.43. The van der Waals surface area contributed by atoms with Gasteiger partial charge < -0.3 is 15.2 Å². The van der Waals surface area contributed by atoms with Crippen molar-refractivity contribution < 1.29 is 14.6 Å². The van der Waals surface area contributed by atoms with E-state index in [-0.39, 0.29) is 17.9 Å². The van der Waals surface area contributed by atoms with Crippen LogP contribution in [0.2, 0.25) is 0 Å². The van der Waals surface area contributed by atoms with E-state index >= 15 is 0 Å². The van der Waals surface area contributed by atoms with Crippen molar-refractivity contribution in [1.29, 1.82) is 0 Å². The third-order valence-corrected chi connectivity index (χ3v) is 4.77. The Morgan fingerprint density at radius 3 is 2.68 bits per heavy atom. The van der Waals surface area contributed by atoms with Crippen LogP contribution in [0.1, 0.15) is 32.6 Å². The highest BCUT2D eigenvalue weighted by molar-refractivity contribution is 5.80. The number of hydrogen-bond donors (Lipinski definition) is 2. The van der Waals surface area contributed by atoms with Crippen molar-refractivity contribution in [3.8, 4) is 11.4 Å². The summed E-state index contributed by atoms with van der Waals surface area (Å²) in [5, 5.41) is 23.5. The number of ether oxygens (including phenoxy) is 1. The first-order valence-electron chi connectivity index (χ1n) is 8.51. The molecule has 2 N–H and O–H groups in total. The molecule has 1 unspecified atom stereocenters. The fraction of sp³-hybridized carbons (Fsp3) is 0.529. The van der Waals surface area contributed by atoms with Gasteiger partial charge in [0.15, 0.2) is 6.10 Å². The van der Waals surface area contributed by atoms with Crippen LogP contribution in [0.25, 0.3) is 5.69 Å². The third kappa shape index (κ3) is 4.14. The Morgan fingerprint density at radius 2 is 2.08 bits per heavy atom. The number of carbonyl (C=O) groups is 1. The molecule has 0 saturated heterocycles. The van der Waals surface area contributed by atoms with Gasteiger partial charge in [0, 0.05) is 12.0 Å². The number of amides is 1. The van der Waals surface area contributed by atoms with E-state index in [0.717, 1.165) is 31.4 Å². The summed E-state index contributed by atoms with van der Waals surface area (Å²) in [6.45, 7) is 2.32. The van der Waals surface area contributed by atoms with Gasteiger partial charge in [-0.15, -0.1) is 5.10 Å². The predicted molar refractivity (Wildman–Crippen MR) is 90.2 cm³/mol. The highest BCUT2D eigenvalue weighted by Crippen LogP contribution is 2.36. The number of tetrazole rings is 1. The number of nitrogens with one attached hydrogen (secondary N) is 1. The molecule has 1 aromatic carbocycles. The number of nitrogens with zero attached hydrogens (tertiary/aromatic N) is 4. The van der Waals surface area contributed by atoms with Crippen LogP contribution in [0.4, 0.5) is 0 Å². The molecule has 1 amide bonds. The molecule has 3 rings (SSSR count). The van der Waals surface area contributed by atoms with E-state index in [1.807, 2.05) is 12.1 Å². The van der Waals surface area contributed by atoms with Crippen LogP contribution < -0.4 is 10.1 Å². The van der Waals surface area contributed by atoms with E-state index in [2.05, 4.69) is 20.8 Å². The molecule has 1 atom stereocenters. The van der Waals surface area contributed by atoms with Gasteiger partial charge in [-0.1, -0.05) is 12.8 Å². The summed E-state index contributed by atoms with van der Waals surface area (Å²) < 4.78 is 7.23. The predicted octanol–water partition coefficient (Wildman–Crippen LogP) is 1.10. The standard InChI is InChI=1S/C17H23N5O3/c1-13(16(24)18-10-17(11-23)8-2-3-9-17)25-15-6-4-14(5-7-15)22-12-19-20-21-22/h4-7,12-13,23H,2-3,8-11H2,1H3,(H,18,24). The molecule has 8 heteroatoms. The Labute approximate surface area is 146 Å². The van der Waals surface area contributed by atoms with Crippen molar-refractivity contribution in [2.45, 2.75) is 38.7 Å². The first kappa shape index (κ1) is 17.3. The maximum atomic E-state index is 12.3. The van der Waals surface area contributed by atoms with Crippen molar-refractivity contribution in [2.24, 2.45) is 5.41 Å². The Hall–Kier alpha value is -2.48. The third-order valence-electron chi connectivity index (χ3n) is 4.77. The molecule has 1 aromatic heterocycles. The zero-order valence-corrected chi connectivity index (χ0v) is 14.3. The van der Waals surface area contributed by atoms with Crippen molar-refractivity contribution >= 4 is 5.91 Å². The van der Waals surface area contributed by atoms with Crippen LogP contribution in [0.3, 0.4) is 0 Å². The Kier molecular flexibility index (Phi) is 5.28. The first-order valence-corrected chi connectivity index (χ1v) is 8.51. The largest absolute Gasteiger partial charge is 0.481 e. The normalized spacial score (nSPS) is 17.2. The van der Waals surface area contributed by atoms with Crippen molar-refractivity contribution in [2.75, 3.05) is 13.2 Å². The van der Waals surface area contributed by atoms with Crippen LogP contribution in [-0.2, 0) is 4.79 Å². The van der Waals surface area contributed by atoms with Crippen molar-refractivity contribution in [3.05, 3.63) is 30.6 Å². The summed E-state index contributed by atoms with van der Waals surface area (Å²) in [6.07, 6.45) is 5.02. The van der Waals surface area contributed by atoms with Gasteiger partial charge in [-0.3, -0.25) is 4.79 Å². The van der Waals surface area contributed by atoms with Gasteiger partial charge in [-0.2, -0.15) is 0 Å². The Morgan fingerprint density at radius 1 is 1.36 bits per heavy atom. The van der Waals surface area contributed by atoms with Crippen LogP contribution in [0, 0.1) is 5.41 Å². The van der Waals surface area contributed by atoms with Crippen LogP contribution in [0.5, 0.6) is 5.75 Å². The van der Waals surface area contributed by atoms with Gasteiger partial charge in [0.1, 0.15) is 12.1 Å². The zero-order valence-electron chi connectivity index (χ0n) is 14.3. The highest BCUT2D eigenvalue weighted by Gasteiger charge is 2.34. The Bertz CT molecular complexity index is 681. The summed E-state index contributed by atoms with van der Waals surface area (Å²) >= 11 is 0. The van der Waals surface area contributed by atoms with Gasteiger partial charge in [0.2, 0.25) is 0 Å². The summed E-state index contributed by atoms with van der Waals surface area (Å²) in [6, 6.07) is 7.17. The summed E-state index contributed by atoms with van der Waals surface area (Å²) in [5.41, 5.74) is 0.642. The fourth-order valence-corrected chi connectivity index (χ4v) is 3.15. The van der Waals surface area contributed by atoms with Gasteiger partial charge in [-0.25, -0.2) is 4.68 Å². The van der Waals surface area contributed by atoms with Gasteiger partial charge >= 0.3 is 0 Å². The van der Waals surface area contributed by atoms with Crippen molar-refractivity contribution in [1.82, 2.24) is 25.5 Å². The van der Waals surface area contributed by atoms with Crippen LogP contribution in [-0.4, -0.2) is 50.5 Å². The van der Waals surface area contributed by atoms with Crippen LogP contribution in [0.15, 0.2) is 30.6 Å². The van der Waals surface area contributed by atoms with Crippen LogP contribution >= 0.6 is 0 Å². The molecule has 1 heterocycles. The smallest absolute Gasteiger partial charge is 0.260 e. The maximum absolute atomic E-state index is 12.3. The van der Waals surface area contributed by atoms with Gasteiger partial charge in [0.25, 0.3) is 5.91 Å². The van der Waals surface area contributed by atoms with Crippen molar-refractivity contribution in [3.63, 3.8) is 0 Å². The number of benzene rings is 1. The number of rotatable bonds is 7. The maximum Gasteiger partial charge on any atom is 0.260 e. The topological polar surface area (TPSA) is 102 Å². The van der Waals surface area contributed by atoms with E-state index in [1.165, 1.54) is 11.0 Å². The summed E-state index contributed by atoms with van der Waals surface area (Å²) in [7, 11) is 0. The number of carbonyl (C=O) groups excluding carboxylic acids is 1. The van der Waals surface area contributed by atoms with Gasteiger partial charge in [-0.05, 0) is 54.5 Å². The minimum atomic E-state index is -0.615. The first-order chi connectivity index (χ1) is 12.1. The monoisotopic (exact) mass is 345 g/mol. The minimum Gasteiger partial charge on any atom is -0.481 e. The van der Waals surface area contributed by atoms with E-state index in [0.29, 0.717) is 12.3 Å². The lowest BCUT2D eigenvalue weighted by atomic mass is 9.87. The average molecular weight is 345 g/mol. The molecule has 0 spiro atoms. The fourth-order valence-electron chi connectivity index (χ4n) is 3.15. The molecule has 1 saturated carbocycles. The highest BCUT2D eigenvalue weighted by atomic mass is 16.5. The van der Waals surface area contributed by atoms with E-state index < -0.39 is 6.10 Å². The molecule has 0 aliphatic heterocycles. The molecular weight excluding hydrogens is 322 g/mol. The molecule has 0 radical (unpaired) electrons. The number of aliphatic hydroxyl groups excluding tert-OH is 1. The lowest BCUT2D eigenvalue weighted by molar-refractivity contribution is -0.127. The number of aliphatic hydroxyl groups is 1. The minimum absolute atomic E-state index is 0.112. The molecule has 1 fully saturated rings. The Balaban J connectivity index is 1.52. The second kappa shape index (κ2) is 7.60. The molecular formula is C17H23N5O3. The zero-order chi connectivity index (χ0) is 17.7. The summed E-state index contributed by atoms with van der Waals surface area (Å²) in [4.78, 5) is 12.3. The summed E-state index contributed by atoms with van der Waals surface area (Å²) in [5.74, 6) is 0.418. The van der Waals surface area contributed by atoms with E-state index in [9.17, 15) is 9.90 Å². The second-order valence-electron chi connectivity index (χ2n) is 6.59. The molecule has 2 aromatic rings. The average Bonchev–Trinajstić information content (AvgIpc) is 3.33. The van der Waals surface area contributed by atoms with E-state index in [1.54, 1.807) is 19.1 Å². The molecule has 8 nitrogen and oxygen atoms in total. The van der Waals surface area contributed by atoms with Gasteiger partial charge in [0.05, 0.1) is 12.3 Å². The van der Waals surface area contributed by atoms with E-state index in [4.69, 9.17) is 4.74 Å². The number of aromatic nitrogens is 4. The SMILES string of the molecule is CC(Oc1ccc(-n2cnnn2)cc1)C(=O)NCC1(CO)CCCC1. The molecule has 1 aliphatic carbocycles. The molecule has 25 heavy (non-hydrogen) atoms. The number of hydrogen-bond acceptors (Lipinski definition) is 6. The lowest BCUT2D eigenvalue weighted by Gasteiger charge is -2.27. The molecule has 134 valence electrons. The second-order valence-corrected chi connectivity index (χ2v) is 6.59.